The quantitative estimate of drug-likeness (QED) is 0.803. The van der Waals surface area contributed by atoms with E-state index in [1.807, 2.05) is 6.07 Å². The van der Waals surface area contributed by atoms with Crippen LogP contribution < -0.4 is 10.5 Å². The van der Waals surface area contributed by atoms with Crippen LogP contribution >= 0.6 is 0 Å². The zero-order chi connectivity index (χ0) is 12.3. The van der Waals surface area contributed by atoms with E-state index in [1.54, 1.807) is 24.3 Å². The Morgan fingerprint density at radius 2 is 1.94 bits per heavy atom. The number of nitrogen functional groups attached to an aromatic ring is 1. The van der Waals surface area contributed by atoms with Crippen molar-refractivity contribution in [3.63, 3.8) is 0 Å². The third-order valence-electron chi connectivity index (χ3n) is 2.21. The van der Waals surface area contributed by atoms with E-state index in [0.717, 1.165) is 0 Å². The first-order valence-electron chi connectivity index (χ1n) is 4.92. The fourth-order valence-electron chi connectivity index (χ4n) is 1.39. The van der Waals surface area contributed by atoms with Gasteiger partial charge in [-0.2, -0.15) is 5.26 Å². The van der Waals surface area contributed by atoms with E-state index in [-0.39, 0.29) is 5.69 Å². The van der Waals surface area contributed by atoms with Crippen LogP contribution in [-0.4, -0.2) is 0 Å². The molecule has 0 radical (unpaired) electrons. The van der Waals surface area contributed by atoms with Crippen molar-refractivity contribution < 1.29 is 9.13 Å². The minimum absolute atomic E-state index is 0.249. The molecule has 0 amide bonds. The van der Waals surface area contributed by atoms with Crippen molar-refractivity contribution in [3.8, 4) is 17.6 Å². The zero-order valence-corrected chi connectivity index (χ0v) is 8.85. The van der Waals surface area contributed by atoms with Crippen molar-refractivity contribution in [2.75, 3.05) is 5.73 Å². The lowest BCUT2D eigenvalue weighted by Gasteiger charge is -2.08. The Morgan fingerprint density at radius 3 is 2.65 bits per heavy atom. The van der Waals surface area contributed by atoms with Crippen molar-refractivity contribution in [2.45, 2.75) is 0 Å². The molecule has 0 aromatic heterocycles. The predicted molar refractivity (Wildman–Crippen MR) is 62.0 cm³/mol. The molecule has 2 N–H and O–H groups in total. The predicted octanol–water partition coefficient (Wildman–Crippen LogP) is 3.07. The zero-order valence-electron chi connectivity index (χ0n) is 8.85. The highest BCUT2D eigenvalue weighted by atomic mass is 19.1. The minimum atomic E-state index is -0.391. The molecule has 84 valence electrons. The van der Waals surface area contributed by atoms with Gasteiger partial charge in [-0.15, -0.1) is 0 Å². The molecule has 0 unspecified atom stereocenters. The van der Waals surface area contributed by atoms with Gasteiger partial charge in [0.25, 0.3) is 0 Å². The van der Waals surface area contributed by atoms with Crippen LogP contribution in [0.1, 0.15) is 5.56 Å². The van der Waals surface area contributed by atoms with Crippen molar-refractivity contribution in [1.29, 1.82) is 5.26 Å². The monoisotopic (exact) mass is 228 g/mol. The normalized spacial score (nSPS) is 9.65. The minimum Gasteiger partial charge on any atom is -0.455 e. The van der Waals surface area contributed by atoms with Gasteiger partial charge in [-0.05, 0) is 24.3 Å². The summed E-state index contributed by atoms with van der Waals surface area (Å²) < 4.78 is 18.4. The first-order valence-corrected chi connectivity index (χ1v) is 4.92. The molecule has 0 aliphatic heterocycles. The summed E-state index contributed by atoms with van der Waals surface area (Å²) in [5.74, 6) is 0.291. The largest absolute Gasteiger partial charge is 0.455 e. The van der Waals surface area contributed by atoms with Gasteiger partial charge >= 0.3 is 0 Å². The molecule has 0 aliphatic rings. The van der Waals surface area contributed by atoms with Gasteiger partial charge in [-0.3, -0.25) is 0 Å². The standard InChI is InChI=1S/C13H9FN2O/c14-10-4-2-5-11(7-10)17-12-6-1-3-9(8-15)13(12)16/h1-7H,16H2. The van der Waals surface area contributed by atoms with Crippen LogP contribution in [0.4, 0.5) is 10.1 Å². The third-order valence-corrected chi connectivity index (χ3v) is 2.21. The summed E-state index contributed by atoms with van der Waals surface area (Å²) in [7, 11) is 0. The molecular formula is C13H9FN2O. The first-order chi connectivity index (χ1) is 8.20. The molecule has 2 rings (SSSR count). The molecule has 4 heteroatoms. The average molecular weight is 228 g/mol. The second-order valence-electron chi connectivity index (χ2n) is 3.39. The molecule has 0 bridgehead atoms. The summed E-state index contributed by atoms with van der Waals surface area (Å²) in [6.45, 7) is 0. The van der Waals surface area contributed by atoms with Gasteiger partial charge in [-0.25, -0.2) is 4.39 Å². The van der Waals surface area contributed by atoms with E-state index in [1.165, 1.54) is 18.2 Å². The number of nitriles is 1. The summed E-state index contributed by atoms with van der Waals surface area (Å²) in [6.07, 6.45) is 0. The van der Waals surface area contributed by atoms with Gasteiger partial charge in [0.15, 0.2) is 5.75 Å². The molecule has 2 aromatic carbocycles. The Morgan fingerprint density at radius 1 is 1.18 bits per heavy atom. The van der Waals surface area contributed by atoms with Gasteiger partial charge in [-0.1, -0.05) is 12.1 Å². The topological polar surface area (TPSA) is 59.0 Å². The van der Waals surface area contributed by atoms with Crippen LogP contribution in [0.5, 0.6) is 11.5 Å². The van der Waals surface area contributed by atoms with Crippen LogP contribution in [-0.2, 0) is 0 Å². The Kier molecular flexibility index (Phi) is 2.93. The number of para-hydroxylation sites is 1. The van der Waals surface area contributed by atoms with Crippen molar-refractivity contribution in [1.82, 2.24) is 0 Å². The molecule has 0 heterocycles. The van der Waals surface area contributed by atoms with Crippen LogP contribution in [0.15, 0.2) is 42.5 Å². The van der Waals surface area contributed by atoms with E-state index >= 15 is 0 Å². The van der Waals surface area contributed by atoms with Gasteiger partial charge in [0.05, 0.1) is 11.3 Å². The maximum absolute atomic E-state index is 13.0. The summed E-state index contributed by atoms with van der Waals surface area (Å²) in [4.78, 5) is 0. The lowest BCUT2D eigenvalue weighted by Crippen LogP contribution is -1.95. The molecular weight excluding hydrogens is 219 g/mol. The smallest absolute Gasteiger partial charge is 0.151 e. The Balaban J connectivity index is 2.34. The van der Waals surface area contributed by atoms with Gasteiger partial charge in [0.1, 0.15) is 17.6 Å². The van der Waals surface area contributed by atoms with Crippen molar-refractivity contribution >= 4 is 5.69 Å². The fraction of sp³-hybridized carbons (Fsp3) is 0. The summed E-state index contributed by atoms with van der Waals surface area (Å²) in [6, 6.07) is 12.5. The SMILES string of the molecule is N#Cc1cccc(Oc2cccc(F)c2)c1N. The maximum Gasteiger partial charge on any atom is 0.151 e. The van der Waals surface area contributed by atoms with E-state index < -0.39 is 5.82 Å². The number of rotatable bonds is 2. The molecule has 0 saturated carbocycles. The highest BCUT2D eigenvalue weighted by molar-refractivity contribution is 5.63. The number of benzene rings is 2. The van der Waals surface area contributed by atoms with Crippen LogP contribution in [0, 0.1) is 17.1 Å². The van der Waals surface area contributed by atoms with Gasteiger partial charge in [0, 0.05) is 6.07 Å². The van der Waals surface area contributed by atoms with Crippen molar-refractivity contribution in [3.05, 3.63) is 53.8 Å². The fourth-order valence-corrected chi connectivity index (χ4v) is 1.39. The first kappa shape index (κ1) is 11.0. The van der Waals surface area contributed by atoms with E-state index in [9.17, 15) is 4.39 Å². The second-order valence-corrected chi connectivity index (χ2v) is 3.39. The third kappa shape index (κ3) is 2.34. The molecule has 0 atom stereocenters. The van der Waals surface area contributed by atoms with Crippen LogP contribution in [0.25, 0.3) is 0 Å². The summed E-state index contributed by atoms with van der Waals surface area (Å²) in [5, 5.41) is 8.81. The highest BCUT2D eigenvalue weighted by Gasteiger charge is 2.06. The number of nitrogens with two attached hydrogens (primary N) is 1. The van der Waals surface area contributed by atoms with E-state index in [2.05, 4.69) is 0 Å². The molecule has 17 heavy (non-hydrogen) atoms. The Hall–Kier alpha value is -2.54. The lowest BCUT2D eigenvalue weighted by atomic mass is 10.2. The highest BCUT2D eigenvalue weighted by Crippen LogP contribution is 2.29. The summed E-state index contributed by atoms with van der Waals surface area (Å²) >= 11 is 0. The van der Waals surface area contributed by atoms with Gasteiger partial charge < -0.3 is 10.5 Å². The van der Waals surface area contributed by atoms with Gasteiger partial charge in [0.2, 0.25) is 0 Å². The summed E-state index contributed by atoms with van der Waals surface area (Å²) in [5.41, 5.74) is 6.32. The molecule has 0 fully saturated rings. The Bertz CT molecular complexity index is 590. The molecule has 2 aromatic rings. The molecule has 0 spiro atoms. The second kappa shape index (κ2) is 4.54. The number of hydrogen-bond donors (Lipinski definition) is 1. The van der Waals surface area contributed by atoms with Crippen LogP contribution in [0.3, 0.4) is 0 Å². The van der Waals surface area contributed by atoms with Crippen LogP contribution in [0.2, 0.25) is 0 Å². The molecule has 0 saturated heterocycles. The number of nitrogens with zero attached hydrogens (tertiary/aromatic N) is 1. The Labute approximate surface area is 97.9 Å². The number of anilines is 1. The molecule has 0 aliphatic carbocycles. The lowest BCUT2D eigenvalue weighted by molar-refractivity contribution is 0.479. The van der Waals surface area contributed by atoms with E-state index in [0.29, 0.717) is 17.1 Å². The number of ether oxygens (including phenoxy) is 1. The van der Waals surface area contributed by atoms with Crippen molar-refractivity contribution in [2.24, 2.45) is 0 Å². The average Bonchev–Trinajstić information content (AvgIpc) is 2.32. The van der Waals surface area contributed by atoms with E-state index in [4.69, 9.17) is 15.7 Å². The molecule has 3 nitrogen and oxygen atoms in total. The maximum atomic E-state index is 13.0. The number of hydrogen-bond acceptors (Lipinski definition) is 3. The number of halogens is 1.